The maximum atomic E-state index is 5.60. The molecule has 0 heterocycles. The van der Waals surface area contributed by atoms with Crippen LogP contribution in [0.3, 0.4) is 0 Å². The van der Waals surface area contributed by atoms with Crippen molar-refractivity contribution in [3.63, 3.8) is 0 Å². The molecule has 0 spiro atoms. The molecule has 0 aliphatic rings. The van der Waals surface area contributed by atoms with Crippen LogP contribution in [0.5, 0.6) is 0 Å². The topological polar surface area (TPSA) is 0 Å². The van der Waals surface area contributed by atoms with E-state index in [4.69, 9.17) is 9.29 Å². The summed E-state index contributed by atoms with van der Waals surface area (Å²) in [5.41, 5.74) is 0. The van der Waals surface area contributed by atoms with Crippen molar-refractivity contribution in [3.8, 4) is 0 Å². The van der Waals surface area contributed by atoms with E-state index < -0.39 is 34.3 Å². The summed E-state index contributed by atoms with van der Waals surface area (Å²) in [4.78, 5) is 0. The van der Waals surface area contributed by atoms with Crippen LogP contribution in [0.1, 0.15) is 39.5 Å². The van der Waals surface area contributed by atoms with Gasteiger partial charge in [0.25, 0.3) is 0 Å². The molecule has 0 bridgehead atoms. The predicted molar refractivity (Wildman–Crippen MR) is 73.2 cm³/mol. The second-order valence-corrected chi connectivity index (χ2v) is 37.2. The Kier molecular flexibility index (Phi) is 12.2. The summed E-state index contributed by atoms with van der Waals surface area (Å²) in [6.07, 6.45) is 7.73. The molecular formula is C9H20S2Sn2. The molecule has 0 nitrogen and oxygen atoms in total. The Balaban J connectivity index is 3.47. The minimum absolute atomic E-state index is 1.20. The molecule has 0 aromatic carbocycles. The SMILES string of the molecule is [CH2]=[Sn]([CH2]CCC)[S][Sn](=[S])[CH2]CCC. The molecular weight excluding hydrogens is 410 g/mol. The van der Waals surface area contributed by atoms with E-state index in [0.717, 1.165) is 0 Å². The van der Waals surface area contributed by atoms with Crippen molar-refractivity contribution in [2.45, 2.75) is 48.4 Å². The summed E-state index contributed by atoms with van der Waals surface area (Å²) in [7, 11) is 5.60. The van der Waals surface area contributed by atoms with Crippen molar-refractivity contribution < 1.29 is 0 Å². The van der Waals surface area contributed by atoms with Gasteiger partial charge in [0.2, 0.25) is 0 Å². The van der Waals surface area contributed by atoms with Crippen molar-refractivity contribution >= 4 is 54.3 Å². The maximum absolute atomic E-state index is 5.60. The summed E-state index contributed by atoms with van der Waals surface area (Å²) in [5.74, 6) is 0. The number of hydrogen-bond acceptors (Lipinski definition) is 2. The van der Waals surface area contributed by atoms with Gasteiger partial charge in [0.1, 0.15) is 0 Å². The van der Waals surface area contributed by atoms with Crippen LogP contribution in [0.4, 0.5) is 0 Å². The second-order valence-electron chi connectivity index (χ2n) is 3.22. The number of hydrogen-bond donors (Lipinski definition) is 0. The zero-order valence-corrected chi connectivity index (χ0v) is 16.1. The van der Waals surface area contributed by atoms with Gasteiger partial charge in [0, 0.05) is 0 Å². The van der Waals surface area contributed by atoms with E-state index in [1.165, 1.54) is 34.6 Å². The van der Waals surface area contributed by atoms with Crippen LogP contribution in [0.15, 0.2) is 0 Å². The fraction of sp³-hybridized carbons (Fsp3) is 0.889. The van der Waals surface area contributed by atoms with E-state index in [9.17, 15) is 0 Å². The molecule has 0 aliphatic heterocycles. The first-order chi connectivity index (χ1) is 6.20. The Morgan fingerprint density at radius 2 is 1.69 bits per heavy atom. The van der Waals surface area contributed by atoms with E-state index in [-0.39, 0.29) is 0 Å². The Bertz CT molecular complexity index is 151. The normalized spacial score (nSPS) is 10.0. The summed E-state index contributed by atoms with van der Waals surface area (Å²) < 4.78 is 7.26. The monoisotopic (exact) mass is 432 g/mol. The van der Waals surface area contributed by atoms with E-state index in [0.29, 0.717) is 0 Å². The van der Waals surface area contributed by atoms with Gasteiger partial charge in [-0.1, -0.05) is 0 Å². The Labute approximate surface area is 101 Å². The third-order valence-corrected chi connectivity index (χ3v) is 56.5. The van der Waals surface area contributed by atoms with E-state index >= 15 is 0 Å². The predicted octanol–water partition coefficient (Wildman–Crippen LogP) is 4.01. The first kappa shape index (κ1) is 15.0. The van der Waals surface area contributed by atoms with Gasteiger partial charge in [0.15, 0.2) is 0 Å². The van der Waals surface area contributed by atoms with E-state index in [1.54, 1.807) is 0 Å². The molecule has 0 rings (SSSR count). The summed E-state index contributed by atoms with van der Waals surface area (Å²) in [6.45, 7) is 4.53. The van der Waals surface area contributed by atoms with Gasteiger partial charge in [0.05, 0.1) is 0 Å². The Hall–Kier alpha value is 2.04. The Morgan fingerprint density at radius 1 is 1.15 bits per heavy atom. The third-order valence-electron chi connectivity index (χ3n) is 1.80. The second kappa shape index (κ2) is 10.6. The molecule has 0 fully saturated rings. The molecule has 0 aromatic rings. The van der Waals surface area contributed by atoms with Crippen LogP contribution in [0, 0.1) is 0 Å². The van der Waals surface area contributed by atoms with Gasteiger partial charge < -0.3 is 0 Å². The molecule has 0 atom stereocenters. The van der Waals surface area contributed by atoms with Crippen LogP contribution in [-0.2, 0) is 0 Å². The quantitative estimate of drug-likeness (QED) is 0.535. The minimum atomic E-state index is -1.32. The van der Waals surface area contributed by atoms with Gasteiger partial charge in [-0.15, -0.1) is 0 Å². The van der Waals surface area contributed by atoms with Gasteiger partial charge in [-0.05, 0) is 0 Å². The Morgan fingerprint density at radius 3 is 2.23 bits per heavy atom. The van der Waals surface area contributed by atoms with Crippen LogP contribution in [-0.4, -0.2) is 38.9 Å². The average Bonchev–Trinajstić information content (AvgIpc) is 2.11. The van der Waals surface area contributed by atoms with E-state index in [1.807, 2.05) is 0 Å². The van der Waals surface area contributed by atoms with Crippen LogP contribution < -0.4 is 0 Å². The summed E-state index contributed by atoms with van der Waals surface area (Å²) in [6, 6.07) is 0. The van der Waals surface area contributed by atoms with Crippen LogP contribution in [0.25, 0.3) is 0 Å². The van der Waals surface area contributed by atoms with Gasteiger partial charge >= 0.3 is 103 Å². The van der Waals surface area contributed by atoms with Gasteiger partial charge in [-0.2, -0.15) is 0 Å². The van der Waals surface area contributed by atoms with E-state index in [2.05, 4.69) is 24.5 Å². The molecule has 0 unspecified atom stereocenters. The number of rotatable bonds is 8. The summed E-state index contributed by atoms with van der Waals surface area (Å²) >= 11 is -2.52. The molecule has 76 valence electrons. The molecule has 13 heavy (non-hydrogen) atoms. The molecule has 0 N–H and O–H groups in total. The molecule has 0 aromatic heterocycles. The zero-order chi connectivity index (χ0) is 10.1. The molecule has 4 heteroatoms. The molecule has 0 amide bonds. The number of unbranched alkanes of at least 4 members (excludes halogenated alkanes) is 2. The zero-order valence-electron chi connectivity index (χ0n) is 8.77. The molecule has 0 saturated carbocycles. The average molecular weight is 430 g/mol. The van der Waals surface area contributed by atoms with Gasteiger partial charge in [-0.25, -0.2) is 0 Å². The third kappa shape index (κ3) is 10.3. The van der Waals surface area contributed by atoms with Gasteiger partial charge in [-0.3, -0.25) is 0 Å². The fourth-order valence-corrected chi connectivity index (χ4v) is 59.0. The standard InChI is InChI=1S/2C4H9.CH2.2S.2Sn/c2*1-3-4-2;;;;;/h2*1,3-4H2,2H3;1H2;;;;. The first-order valence-corrected chi connectivity index (χ1v) is 22.9. The van der Waals surface area contributed by atoms with Crippen molar-refractivity contribution in [3.05, 3.63) is 0 Å². The first-order valence-electron chi connectivity index (χ1n) is 5.09. The van der Waals surface area contributed by atoms with Crippen molar-refractivity contribution in [2.75, 3.05) is 0 Å². The summed E-state index contributed by atoms with van der Waals surface area (Å²) in [5, 5.41) is 0. The molecule has 0 radical (unpaired) electrons. The van der Waals surface area contributed by atoms with Crippen LogP contribution >= 0.6 is 15.4 Å². The van der Waals surface area contributed by atoms with Crippen molar-refractivity contribution in [1.29, 1.82) is 0 Å². The van der Waals surface area contributed by atoms with Crippen molar-refractivity contribution in [1.82, 2.24) is 0 Å². The molecule has 0 aliphatic carbocycles. The fourth-order valence-electron chi connectivity index (χ4n) is 0.958. The molecule has 0 saturated heterocycles. The van der Waals surface area contributed by atoms with Crippen molar-refractivity contribution in [2.24, 2.45) is 0 Å². The van der Waals surface area contributed by atoms with Crippen LogP contribution in [0.2, 0.25) is 8.87 Å².